The van der Waals surface area contributed by atoms with Crippen LogP contribution in [0.4, 0.5) is 10.5 Å². The Kier molecular flexibility index (Phi) is 8.67. The molecule has 3 rings (SSSR count). The molecule has 2 fully saturated rings. The first-order valence-electron chi connectivity index (χ1n) is 11.7. The summed E-state index contributed by atoms with van der Waals surface area (Å²) in [4.78, 5) is 17.1. The monoisotopic (exact) mass is 416 g/mol. The third kappa shape index (κ3) is 7.08. The van der Waals surface area contributed by atoms with E-state index in [1.165, 1.54) is 25.2 Å². The Morgan fingerprint density at radius 1 is 1.13 bits per heavy atom. The van der Waals surface area contributed by atoms with Crippen LogP contribution in [-0.2, 0) is 0 Å². The van der Waals surface area contributed by atoms with Gasteiger partial charge in [0.2, 0.25) is 0 Å². The van der Waals surface area contributed by atoms with Crippen molar-refractivity contribution in [2.24, 2.45) is 17.8 Å². The molecule has 30 heavy (non-hydrogen) atoms. The second kappa shape index (κ2) is 11.4. The number of carbonyl (C=O) groups excluding carboxylic acids is 1. The van der Waals surface area contributed by atoms with Crippen LogP contribution in [0, 0.1) is 17.8 Å². The fraction of sp³-hybridized carbons (Fsp3) is 0.708. The van der Waals surface area contributed by atoms with Crippen LogP contribution in [0.5, 0.6) is 5.75 Å². The molecule has 168 valence electrons. The summed E-state index contributed by atoms with van der Waals surface area (Å²) in [6, 6.07) is 8.16. The van der Waals surface area contributed by atoms with Crippen molar-refractivity contribution in [2.45, 2.75) is 39.5 Å². The van der Waals surface area contributed by atoms with E-state index in [0.717, 1.165) is 69.6 Å². The van der Waals surface area contributed by atoms with E-state index >= 15 is 0 Å². The van der Waals surface area contributed by atoms with Crippen molar-refractivity contribution in [3.63, 3.8) is 0 Å². The molecular formula is C24H40N4O2. The smallest absolute Gasteiger partial charge is 0.314 e. The minimum absolute atomic E-state index is 0.0324. The molecule has 0 spiro atoms. The van der Waals surface area contributed by atoms with E-state index < -0.39 is 0 Å². The highest BCUT2D eigenvalue weighted by Crippen LogP contribution is 2.26. The molecule has 0 aliphatic carbocycles. The van der Waals surface area contributed by atoms with E-state index in [1.54, 1.807) is 7.11 Å². The number of unbranched alkanes of at least 4 members (excludes halogenated alkanes) is 1. The third-order valence-electron chi connectivity index (χ3n) is 6.39. The van der Waals surface area contributed by atoms with Gasteiger partial charge in [0, 0.05) is 51.0 Å². The van der Waals surface area contributed by atoms with Gasteiger partial charge in [-0.15, -0.1) is 0 Å². The lowest BCUT2D eigenvalue weighted by Crippen LogP contribution is -2.40. The summed E-state index contributed by atoms with van der Waals surface area (Å²) >= 11 is 0. The van der Waals surface area contributed by atoms with Gasteiger partial charge < -0.3 is 25.2 Å². The number of hydrogen-bond donors (Lipinski definition) is 2. The lowest BCUT2D eigenvalue weighted by molar-refractivity contribution is 0.139. The predicted octanol–water partition coefficient (Wildman–Crippen LogP) is 3.58. The number of piperidine rings is 1. The molecule has 2 N–H and O–H groups in total. The van der Waals surface area contributed by atoms with Gasteiger partial charge in [-0.2, -0.15) is 0 Å². The number of amides is 2. The zero-order valence-corrected chi connectivity index (χ0v) is 19.0. The van der Waals surface area contributed by atoms with Crippen LogP contribution < -0.4 is 20.3 Å². The molecule has 2 aliphatic heterocycles. The number of hydrogen-bond acceptors (Lipinski definition) is 4. The molecule has 0 aromatic heterocycles. The van der Waals surface area contributed by atoms with Crippen LogP contribution in [-0.4, -0.2) is 63.9 Å². The summed E-state index contributed by atoms with van der Waals surface area (Å²) < 4.78 is 5.32. The van der Waals surface area contributed by atoms with Gasteiger partial charge >= 0.3 is 6.03 Å². The molecule has 1 aromatic carbocycles. The molecule has 2 heterocycles. The van der Waals surface area contributed by atoms with Crippen LogP contribution in [0.1, 0.15) is 39.5 Å². The number of nitrogens with zero attached hydrogens (tertiary/aromatic N) is 2. The van der Waals surface area contributed by atoms with Gasteiger partial charge in [0.05, 0.1) is 7.11 Å². The number of nitrogens with one attached hydrogen (secondary N) is 2. The first-order chi connectivity index (χ1) is 14.5. The van der Waals surface area contributed by atoms with E-state index in [1.807, 2.05) is 12.1 Å². The van der Waals surface area contributed by atoms with E-state index in [0.29, 0.717) is 5.92 Å². The molecule has 6 heteroatoms. The number of likely N-dealkylation sites (tertiary alicyclic amines) is 1. The number of urea groups is 1. The summed E-state index contributed by atoms with van der Waals surface area (Å²) in [6.45, 7) is 11.8. The Bertz CT molecular complexity index is 658. The zero-order valence-electron chi connectivity index (χ0n) is 19.0. The van der Waals surface area contributed by atoms with E-state index in [9.17, 15) is 4.79 Å². The van der Waals surface area contributed by atoms with Crippen LogP contribution in [0.2, 0.25) is 0 Å². The van der Waals surface area contributed by atoms with Gasteiger partial charge in [0.25, 0.3) is 0 Å². The number of anilines is 1. The lowest BCUT2D eigenvalue weighted by atomic mass is 9.92. The Morgan fingerprint density at radius 2 is 1.93 bits per heavy atom. The van der Waals surface area contributed by atoms with Gasteiger partial charge in [0.15, 0.2) is 0 Å². The fourth-order valence-electron chi connectivity index (χ4n) is 4.98. The average Bonchev–Trinajstić information content (AvgIpc) is 3.20. The molecule has 0 bridgehead atoms. The second-order valence-corrected chi connectivity index (χ2v) is 9.35. The van der Waals surface area contributed by atoms with Crippen LogP contribution in [0.15, 0.2) is 24.3 Å². The molecular weight excluding hydrogens is 376 g/mol. The standard InChI is InChI=1S/C24H40N4O2/c1-19-13-20(2)17-27(16-19)11-5-4-10-25-24(29)26-15-21-9-12-28(18-21)22-7-6-8-23(14-22)30-3/h6-8,14,19-21H,4-5,9-13,15-18H2,1-3H3,(H2,25,26,29). The highest BCUT2D eigenvalue weighted by molar-refractivity contribution is 5.73. The molecule has 6 nitrogen and oxygen atoms in total. The third-order valence-corrected chi connectivity index (χ3v) is 6.39. The maximum Gasteiger partial charge on any atom is 0.314 e. The van der Waals surface area contributed by atoms with E-state index in [2.05, 4.69) is 46.4 Å². The highest BCUT2D eigenvalue weighted by atomic mass is 16.5. The minimum Gasteiger partial charge on any atom is -0.497 e. The largest absolute Gasteiger partial charge is 0.497 e. The molecule has 2 saturated heterocycles. The molecule has 3 atom stereocenters. The molecule has 2 aliphatic rings. The topological polar surface area (TPSA) is 56.8 Å². The van der Waals surface area contributed by atoms with Gasteiger partial charge in [-0.25, -0.2) is 4.79 Å². The quantitative estimate of drug-likeness (QED) is 0.604. The van der Waals surface area contributed by atoms with Gasteiger partial charge in [-0.1, -0.05) is 19.9 Å². The van der Waals surface area contributed by atoms with Crippen molar-refractivity contribution in [2.75, 3.05) is 57.8 Å². The van der Waals surface area contributed by atoms with Crippen molar-refractivity contribution >= 4 is 11.7 Å². The van der Waals surface area contributed by atoms with Crippen LogP contribution >= 0.6 is 0 Å². The van der Waals surface area contributed by atoms with Crippen LogP contribution in [0.3, 0.4) is 0 Å². The number of methoxy groups -OCH3 is 1. The Morgan fingerprint density at radius 3 is 2.70 bits per heavy atom. The Hall–Kier alpha value is -1.95. The second-order valence-electron chi connectivity index (χ2n) is 9.35. The molecule has 1 aromatic rings. The first-order valence-corrected chi connectivity index (χ1v) is 11.7. The minimum atomic E-state index is -0.0324. The first kappa shape index (κ1) is 22.7. The molecule has 2 amide bonds. The number of ether oxygens (including phenoxy) is 1. The summed E-state index contributed by atoms with van der Waals surface area (Å²) in [5, 5.41) is 6.08. The number of carbonyl (C=O) groups is 1. The number of benzene rings is 1. The van der Waals surface area contributed by atoms with E-state index in [-0.39, 0.29) is 6.03 Å². The normalized spacial score (nSPS) is 24.6. The maximum atomic E-state index is 12.1. The predicted molar refractivity (Wildman–Crippen MR) is 123 cm³/mol. The van der Waals surface area contributed by atoms with Gasteiger partial charge in [-0.3, -0.25) is 0 Å². The molecule has 3 unspecified atom stereocenters. The van der Waals surface area contributed by atoms with Crippen molar-refractivity contribution in [3.8, 4) is 5.75 Å². The van der Waals surface area contributed by atoms with Gasteiger partial charge in [0.1, 0.15) is 5.75 Å². The Balaban J connectivity index is 1.25. The van der Waals surface area contributed by atoms with Crippen molar-refractivity contribution in [3.05, 3.63) is 24.3 Å². The van der Waals surface area contributed by atoms with Crippen molar-refractivity contribution in [1.82, 2.24) is 15.5 Å². The SMILES string of the molecule is COc1cccc(N2CCC(CNC(=O)NCCCCN3CC(C)CC(C)C3)C2)c1. The summed E-state index contributed by atoms with van der Waals surface area (Å²) in [7, 11) is 1.70. The van der Waals surface area contributed by atoms with Gasteiger partial charge in [-0.05, 0) is 62.1 Å². The number of rotatable bonds is 9. The highest BCUT2D eigenvalue weighted by Gasteiger charge is 2.23. The Labute approximate surface area is 182 Å². The summed E-state index contributed by atoms with van der Waals surface area (Å²) in [5.74, 6) is 3.00. The van der Waals surface area contributed by atoms with Crippen molar-refractivity contribution in [1.29, 1.82) is 0 Å². The maximum absolute atomic E-state index is 12.1. The van der Waals surface area contributed by atoms with Crippen molar-refractivity contribution < 1.29 is 9.53 Å². The molecule has 0 radical (unpaired) electrons. The van der Waals surface area contributed by atoms with E-state index in [4.69, 9.17) is 4.74 Å². The van der Waals surface area contributed by atoms with Crippen LogP contribution in [0.25, 0.3) is 0 Å². The zero-order chi connectivity index (χ0) is 21.3. The summed E-state index contributed by atoms with van der Waals surface area (Å²) in [6.07, 6.45) is 4.65. The fourth-order valence-corrected chi connectivity index (χ4v) is 4.98. The lowest BCUT2D eigenvalue weighted by Gasteiger charge is -2.34. The summed E-state index contributed by atoms with van der Waals surface area (Å²) in [5.41, 5.74) is 1.19. The average molecular weight is 417 g/mol. The molecule has 0 saturated carbocycles.